The molecule has 2 atom stereocenters. The SMILES string of the molecule is CCCCC1CCNCC1NC(=O)OC(C)(C)C. The highest BCUT2D eigenvalue weighted by Crippen LogP contribution is 2.20. The van der Waals surface area contributed by atoms with Crippen molar-refractivity contribution in [2.24, 2.45) is 5.92 Å². The molecule has 2 N–H and O–H groups in total. The first-order valence-electron chi connectivity index (χ1n) is 7.12. The number of rotatable bonds is 4. The zero-order chi connectivity index (χ0) is 13.6. The van der Waals surface area contributed by atoms with Gasteiger partial charge in [0.1, 0.15) is 5.60 Å². The topological polar surface area (TPSA) is 50.4 Å². The summed E-state index contributed by atoms with van der Waals surface area (Å²) in [5, 5.41) is 6.35. The summed E-state index contributed by atoms with van der Waals surface area (Å²) < 4.78 is 5.32. The molecule has 0 aromatic heterocycles. The van der Waals surface area contributed by atoms with Crippen molar-refractivity contribution in [1.29, 1.82) is 0 Å². The van der Waals surface area contributed by atoms with Crippen molar-refractivity contribution in [2.45, 2.75) is 65.0 Å². The number of amides is 1. The van der Waals surface area contributed by atoms with Gasteiger partial charge in [-0.15, -0.1) is 0 Å². The third-order valence-corrected chi connectivity index (χ3v) is 3.26. The van der Waals surface area contributed by atoms with Gasteiger partial charge in [-0.1, -0.05) is 19.8 Å². The van der Waals surface area contributed by atoms with Crippen LogP contribution in [0.1, 0.15) is 53.4 Å². The number of hydrogen-bond donors (Lipinski definition) is 2. The van der Waals surface area contributed by atoms with Crippen molar-refractivity contribution in [3.8, 4) is 0 Å². The molecule has 1 fully saturated rings. The summed E-state index contributed by atoms with van der Waals surface area (Å²) in [6.45, 7) is 9.78. The van der Waals surface area contributed by atoms with Crippen LogP contribution in [0.3, 0.4) is 0 Å². The average molecular weight is 256 g/mol. The first-order valence-corrected chi connectivity index (χ1v) is 7.12. The monoisotopic (exact) mass is 256 g/mol. The van der Waals surface area contributed by atoms with Crippen molar-refractivity contribution in [1.82, 2.24) is 10.6 Å². The summed E-state index contributed by atoms with van der Waals surface area (Å²) in [5.41, 5.74) is -0.426. The molecule has 1 amide bonds. The van der Waals surface area contributed by atoms with Gasteiger partial charge >= 0.3 is 6.09 Å². The van der Waals surface area contributed by atoms with Crippen LogP contribution in [0.15, 0.2) is 0 Å². The number of hydrogen-bond acceptors (Lipinski definition) is 3. The van der Waals surface area contributed by atoms with Gasteiger partial charge in [-0.05, 0) is 46.1 Å². The Morgan fingerprint density at radius 3 is 2.78 bits per heavy atom. The molecule has 1 aliphatic heterocycles. The molecule has 0 aromatic rings. The minimum absolute atomic E-state index is 0.208. The van der Waals surface area contributed by atoms with Gasteiger partial charge in [0.15, 0.2) is 0 Å². The Morgan fingerprint density at radius 1 is 1.44 bits per heavy atom. The van der Waals surface area contributed by atoms with Gasteiger partial charge in [0, 0.05) is 12.6 Å². The largest absolute Gasteiger partial charge is 0.444 e. The predicted octanol–water partition coefficient (Wildman–Crippen LogP) is 2.68. The molecule has 18 heavy (non-hydrogen) atoms. The fourth-order valence-corrected chi connectivity index (χ4v) is 2.35. The lowest BCUT2D eigenvalue weighted by atomic mass is 9.88. The van der Waals surface area contributed by atoms with Gasteiger partial charge in [-0.3, -0.25) is 0 Å². The van der Waals surface area contributed by atoms with E-state index in [-0.39, 0.29) is 12.1 Å². The van der Waals surface area contributed by atoms with Crippen molar-refractivity contribution < 1.29 is 9.53 Å². The van der Waals surface area contributed by atoms with Gasteiger partial charge in [0.05, 0.1) is 0 Å². The Bertz CT molecular complexity index is 261. The van der Waals surface area contributed by atoms with Crippen LogP contribution in [0.25, 0.3) is 0 Å². The highest BCUT2D eigenvalue weighted by molar-refractivity contribution is 5.68. The highest BCUT2D eigenvalue weighted by atomic mass is 16.6. The van der Waals surface area contributed by atoms with E-state index in [1.807, 2.05) is 20.8 Å². The van der Waals surface area contributed by atoms with Crippen LogP contribution in [0, 0.1) is 5.92 Å². The Labute approximate surface area is 111 Å². The quantitative estimate of drug-likeness (QED) is 0.813. The van der Waals surface area contributed by atoms with Crippen LogP contribution in [0.4, 0.5) is 4.79 Å². The average Bonchev–Trinajstić information content (AvgIpc) is 2.25. The summed E-state index contributed by atoms with van der Waals surface area (Å²) >= 11 is 0. The molecule has 1 saturated heterocycles. The molecular formula is C14H28N2O2. The van der Waals surface area contributed by atoms with Crippen molar-refractivity contribution in [2.75, 3.05) is 13.1 Å². The van der Waals surface area contributed by atoms with E-state index in [0.717, 1.165) is 19.5 Å². The lowest BCUT2D eigenvalue weighted by Gasteiger charge is -2.33. The molecule has 1 heterocycles. The lowest BCUT2D eigenvalue weighted by molar-refractivity contribution is 0.0472. The zero-order valence-corrected chi connectivity index (χ0v) is 12.2. The molecule has 0 bridgehead atoms. The summed E-state index contributed by atoms with van der Waals surface area (Å²) in [5.74, 6) is 0.582. The number of unbranched alkanes of at least 4 members (excludes halogenated alkanes) is 1. The summed E-state index contributed by atoms with van der Waals surface area (Å²) in [4.78, 5) is 11.8. The molecule has 2 unspecified atom stereocenters. The van der Waals surface area contributed by atoms with Crippen LogP contribution in [0.2, 0.25) is 0 Å². The molecule has 1 aliphatic rings. The van der Waals surface area contributed by atoms with E-state index in [0.29, 0.717) is 5.92 Å². The fourth-order valence-electron chi connectivity index (χ4n) is 2.35. The van der Waals surface area contributed by atoms with Crippen LogP contribution in [0.5, 0.6) is 0 Å². The van der Waals surface area contributed by atoms with E-state index in [4.69, 9.17) is 4.74 Å². The van der Waals surface area contributed by atoms with Crippen LogP contribution in [-0.4, -0.2) is 30.8 Å². The Hall–Kier alpha value is -0.770. The Balaban J connectivity index is 2.43. The van der Waals surface area contributed by atoms with Crippen LogP contribution >= 0.6 is 0 Å². The number of carbonyl (C=O) groups excluding carboxylic acids is 1. The zero-order valence-electron chi connectivity index (χ0n) is 12.2. The predicted molar refractivity (Wildman–Crippen MR) is 73.7 cm³/mol. The summed E-state index contributed by atoms with van der Waals surface area (Å²) in [6, 6.07) is 0.208. The van der Waals surface area contributed by atoms with Gasteiger partial charge in [0.25, 0.3) is 0 Å². The number of alkyl carbamates (subject to hydrolysis) is 1. The molecule has 1 rings (SSSR count). The van der Waals surface area contributed by atoms with Gasteiger partial charge < -0.3 is 15.4 Å². The number of nitrogens with one attached hydrogen (secondary N) is 2. The second-order valence-electron chi connectivity index (χ2n) is 6.15. The third-order valence-electron chi connectivity index (χ3n) is 3.26. The second kappa shape index (κ2) is 6.98. The minimum Gasteiger partial charge on any atom is -0.444 e. The fraction of sp³-hybridized carbons (Fsp3) is 0.929. The van der Waals surface area contributed by atoms with E-state index in [2.05, 4.69) is 17.6 Å². The molecule has 0 aromatic carbocycles. The second-order valence-corrected chi connectivity index (χ2v) is 6.15. The highest BCUT2D eigenvalue weighted by Gasteiger charge is 2.27. The van der Waals surface area contributed by atoms with E-state index >= 15 is 0 Å². The van der Waals surface area contributed by atoms with E-state index in [1.54, 1.807) is 0 Å². The maximum absolute atomic E-state index is 11.8. The first kappa shape index (κ1) is 15.3. The van der Waals surface area contributed by atoms with Crippen molar-refractivity contribution in [3.05, 3.63) is 0 Å². The maximum atomic E-state index is 11.8. The first-order chi connectivity index (χ1) is 8.42. The van der Waals surface area contributed by atoms with E-state index in [1.165, 1.54) is 19.3 Å². The minimum atomic E-state index is -0.426. The molecule has 4 heteroatoms. The van der Waals surface area contributed by atoms with Gasteiger partial charge in [-0.25, -0.2) is 4.79 Å². The van der Waals surface area contributed by atoms with Gasteiger partial charge in [0.2, 0.25) is 0 Å². The van der Waals surface area contributed by atoms with E-state index < -0.39 is 5.60 Å². The summed E-state index contributed by atoms with van der Waals surface area (Å²) in [6.07, 6.45) is 4.48. The standard InChI is InChI=1S/C14H28N2O2/c1-5-6-7-11-8-9-15-10-12(11)16-13(17)18-14(2,3)4/h11-12,15H,5-10H2,1-4H3,(H,16,17). The third kappa shape index (κ3) is 5.71. The Morgan fingerprint density at radius 2 is 2.17 bits per heavy atom. The Kier molecular flexibility index (Phi) is 5.93. The molecule has 0 aliphatic carbocycles. The number of carbonyl (C=O) groups is 1. The summed E-state index contributed by atoms with van der Waals surface area (Å²) in [7, 11) is 0. The number of ether oxygens (including phenoxy) is 1. The molecule has 4 nitrogen and oxygen atoms in total. The molecule has 0 radical (unpaired) electrons. The normalized spacial score (nSPS) is 24.7. The van der Waals surface area contributed by atoms with Crippen LogP contribution in [-0.2, 0) is 4.74 Å². The smallest absolute Gasteiger partial charge is 0.407 e. The molecular weight excluding hydrogens is 228 g/mol. The molecule has 106 valence electrons. The number of piperidine rings is 1. The van der Waals surface area contributed by atoms with Gasteiger partial charge in [-0.2, -0.15) is 0 Å². The van der Waals surface area contributed by atoms with Crippen molar-refractivity contribution >= 4 is 6.09 Å². The molecule has 0 saturated carbocycles. The van der Waals surface area contributed by atoms with E-state index in [9.17, 15) is 4.79 Å². The maximum Gasteiger partial charge on any atom is 0.407 e. The molecule has 0 spiro atoms. The van der Waals surface area contributed by atoms with Crippen LogP contribution < -0.4 is 10.6 Å². The lowest BCUT2D eigenvalue weighted by Crippen LogP contribution is -2.52. The van der Waals surface area contributed by atoms with Crippen molar-refractivity contribution in [3.63, 3.8) is 0 Å².